The summed E-state index contributed by atoms with van der Waals surface area (Å²) in [5.41, 5.74) is 1.27. The number of hydrogen-bond acceptors (Lipinski definition) is 3. The van der Waals surface area contributed by atoms with E-state index in [1.54, 1.807) is 13.0 Å². The van der Waals surface area contributed by atoms with E-state index in [-0.39, 0.29) is 23.3 Å². The van der Waals surface area contributed by atoms with E-state index in [0.29, 0.717) is 5.69 Å². The molecule has 2 aliphatic rings. The first kappa shape index (κ1) is 15.5. The van der Waals surface area contributed by atoms with E-state index in [9.17, 15) is 19.5 Å². The van der Waals surface area contributed by atoms with Gasteiger partial charge in [-0.15, -0.1) is 0 Å². The molecule has 3 N–H and O–H groups in total. The van der Waals surface area contributed by atoms with Crippen molar-refractivity contribution in [2.24, 2.45) is 23.7 Å². The molecular formula is C17H19NO5. The third-order valence-corrected chi connectivity index (χ3v) is 5.25. The standard InChI is InChI=1S/C17H19NO5/c1-8-2-3-11(16(20)21)7-12(8)18-15(19)13-9-4-5-10(6-9)14(13)17(22)23/h2-3,7,9-10,13-14H,4-6H2,1H3,(H,18,19)(H,20,21)(H,22,23)/t9-,10+,13+,14+/m1/s1. The van der Waals surface area contributed by atoms with Crippen molar-refractivity contribution in [3.63, 3.8) is 0 Å². The molecule has 0 saturated heterocycles. The highest BCUT2D eigenvalue weighted by Crippen LogP contribution is 2.52. The summed E-state index contributed by atoms with van der Waals surface area (Å²) in [5.74, 6) is -3.24. The predicted octanol–water partition coefficient (Wildman–Crippen LogP) is 2.38. The number of aromatic carboxylic acids is 1. The molecule has 6 heteroatoms. The Bertz CT molecular complexity index is 684. The molecule has 0 spiro atoms. The van der Waals surface area contributed by atoms with Crippen molar-refractivity contribution >= 4 is 23.5 Å². The number of hydrogen-bond donors (Lipinski definition) is 3. The van der Waals surface area contributed by atoms with Gasteiger partial charge in [0.25, 0.3) is 0 Å². The lowest BCUT2D eigenvalue weighted by Gasteiger charge is -2.27. The maximum Gasteiger partial charge on any atom is 0.335 e. The summed E-state index contributed by atoms with van der Waals surface area (Å²) in [6.45, 7) is 1.77. The fourth-order valence-electron chi connectivity index (χ4n) is 4.13. The largest absolute Gasteiger partial charge is 0.481 e. The SMILES string of the molecule is Cc1ccc(C(=O)O)cc1NC(=O)[C@H]1[C@@H]2CC[C@@H](C2)[C@@H]1C(=O)O. The fourth-order valence-corrected chi connectivity index (χ4v) is 4.13. The van der Waals surface area contributed by atoms with Crippen LogP contribution in [-0.2, 0) is 9.59 Å². The summed E-state index contributed by atoms with van der Waals surface area (Å²) in [4.78, 5) is 35.2. The van der Waals surface area contributed by atoms with E-state index in [1.807, 2.05) is 0 Å². The van der Waals surface area contributed by atoms with Crippen molar-refractivity contribution in [2.45, 2.75) is 26.2 Å². The highest BCUT2D eigenvalue weighted by atomic mass is 16.4. The van der Waals surface area contributed by atoms with Crippen LogP contribution in [0.3, 0.4) is 0 Å². The molecule has 2 aliphatic carbocycles. The monoisotopic (exact) mass is 317 g/mol. The van der Waals surface area contributed by atoms with Gasteiger partial charge in [-0.3, -0.25) is 9.59 Å². The normalized spacial score (nSPS) is 28.6. The summed E-state index contributed by atoms with van der Waals surface area (Å²) in [7, 11) is 0. The van der Waals surface area contributed by atoms with E-state index in [4.69, 9.17) is 5.11 Å². The molecule has 0 aliphatic heterocycles. The number of benzene rings is 1. The molecule has 6 nitrogen and oxygen atoms in total. The Morgan fingerprint density at radius 3 is 2.35 bits per heavy atom. The highest BCUT2D eigenvalue weighted by molar-refractivity contribution is 5.98. The minimum Gasteiger partial charge on any atom is -0.481 e. The number of carboxylic acid groups (broad SMARTS) is 2. The number of carboxylic acids is 2. The third-order valence-electron chi connectivity index (χ3n) is 5.25. The number of carbonyl (C=O) groups excluding carboxylic acids is 1. The van der Waals surface area contributed by atoms with E-state index < -0.39 is 23.8 Å². The maximum atomic E-state index is 12.6. The average Bonchev–Trinajstić information content (AvgIpc) is 3.09. The lowest BCUT2D eigenvalue weighted by molar-refractivity contribution is -0.148. The molecule has 2 fully saturated rings. The topological polar surface area (TPSA) is 104 Å². The van der Waals surface area contributed by atoms with Gasteiger partial charge >= 0.3 is 11.9 Å². The lowest BCUT2D eigenvalue weighted by atomic mass is 9.78. The Morgan fingerprint density at radius 2 is 1.74 bits per heavy atom. The summed E-state index contributed by atoms with van der Waals surface area (Å²) in [6, 6.07) is 4.53. The van der Waals surface area contributed by atoms with E-state index in [1.165, 1.54) is 12.1 Å². The predicted molar refractivity (Wildman–Crippen MR) is 82.2 cm³/mol. The van der Waals surface area contributed by atoms with Crippen LogP contribution in [0.4, 0.5) is 5.69 Å². The van der Waals surface area contributed by atoms with Gasteiger partial charge in [0.05, 0.1) is 17.4 Å². The van der Waals surface area contributed by atoms with Crippen LogP contribution in [0.25, 0.3) is 0 Å². The molecule has 0 unspecified atom stereocenters. The zero-order valence-corrected chi connectivity index (χ0v) is 12.8. The van der Waals surface area contributed by atoms with Crippen molar-refractivity contribution < 1.29 is 24.6 Å². The molecule has 122 valence electrons. The van der Waals surface area contributed by atoms with Crippen LogP contribution in [0, 0.1) is 30.6 Å². The number of carbonyl (C=O) groups is 3. The quantitative estimate of drug-likeness (QED) is 0.791. The van der Waals surface area contributed by atoms with Crippen LogP contribution >= 0.6 is 0 Å². The van der Waals surface area contributed by atoms with Gasteiger partial charge in [-0.2, -0.15) is 0 Å². The first-order chi connectivity index (χ1) is 10.9. The highest BCUT2D eigenvalue weighted by Gasteiger charge is 2.54. The van der Waals surface area contributed by atoms with Gasteiger partial charge in [0.15, 0.2) is 0 Å². The van der Waals surface area contributed by atoms with Crippen molar-refractivity contribution in [3.8, 4) is 0 Å². The van der Waals surface area contributed by atoms with Gasteiger partial charge in [0, 0.05) is 5.69 Å². The van der Waals surface area contributed by atoms with Gasteiger partial charge in [-0.1, -0.05) is 6.07 Å². The summed E-state index contributed by atoms with van der Waals surface area (Å²) in [6.07, 6.45) is 2.56. The first-order valence-electron chi connectivity index (χ1n) is 7.76. The first-order valence-corrected chi connectivity index (χ1v) is 7.76. The smallest absolute Gasteiger partial charge is 0.335 e. The second-order valence-corrected chi connectivity index (χ2v) is 6.55. The molecule has 0 heterocycles. The Morgan fingerprint density at radius 1 is 1.09 bits per heavy atom. The molecule has 2 saturated carbocycles. The van der Waals surface area contributed by atoms with E-state index >= 15 is 0 Å². The Labute approximate surface area is 133 Å². The molecule has 1 aromatic carbocycles. The van der Waals surface area contributed by atoms with E-state index in [0.717, 1.165) is 24.8 Å². The molecule has 1 aromatic rings. The Kier molecular flexibility index (Phi) is 3.83. The number of aliphatic carboxylic acids is 1. The maximum absolute atomic E-state index is 12.6. The van der Waals surface area contributed by atoms with Crippen molar-refractivity contribution in [1.82, 2.24) is 0 Å². The third kappa shape index (κ3) is 2.69. The van der Waals surface area contributed by atoms with Crippen LogP contribution in [0.5, 0.6) is 0 Å². The zero-order chi connectivity index (χ0) is 16.7. The second-order valence-electron chi connectivity index (χ2n) is 6.55. The number of nitrogens with one attached hydrogen (secondary N) is 1. The van der Waals surface area contributed by atoms with Gasteiger partial charge in [0.1, 0.15) is 0 Å². The minimum absolute atomic E-state index is 0.0831. The zero-order valence-electron chi connectivity index (χ0n) is 12.8. The molecule has 3 rings (SSSR count). The average molecular weight is 317 g/mol. The van der Waals surface area contributed by atoms with Crippen LogP contribution in [0.15, 0.2) is 18.2 Å². The van der Waals surface area contributed by atoms with Gasteiger partial charge in [0.2, 0.25) is 5.91 Å². The Hall–Kier alpha value is -2.37. The van der Waals surface area contributed by atoms with Crippen molar-refractivity contribution in [3.05, 3.63) is 29.3 Å². The number of amides is 1. The summed E-state index contributed by atoms with van der Waals surface area (Å²) in [5, 5.41) is 21.2. The van der Waals surface area contributed by atoms with Crippen molar-refractivity contribution in [2.75, 3.05) is 5.32 Å². The molecule has 2 bridgehead atoms. The van der Waals surface area contributed by atoms with Crippen LogP contribution in [0.2, 0.25) is 0 Å². The molecule has 4 atom stereocenters. The number of anilines is 1. The molecule has 0 aromatic heterocycles. The fraction of sp³-hybridized carbons (Fsp3) is 0.471. The van der Waals surface area contributed by atoms with E-state index in [2.05, 4.69) is 5.32 Å². The van der Waals surface area contributed by atoms with Gasteiger partial charge in [-0.25, -0.2) is 4.79 Å². The minimum atomic E-state index is -1.07. The molecule has 0 radical (unpaired) electrons. The summed E-state index contributed by atoms with van der Waals surface area (Å²) >= 11 is 0. The number of rotatable bonds is 4. The molecule has 1 amide bonds. The van der Waals surface area contributed by atoms with Gasteiger partial charge < -0.3 is 15.5 Å². The van der Waals surface area contributed by atoms with Crippen LogP contribution < -0.4 is 5.32 Å². The van der Waals surface area contributed by atoms with Crippen molar-refractivity contribution in [1.29, 1.82) is 0 Å². The lowest BCUT2D eigenvalue weighted by Crippen LogP contribution is -2.38. The van der Waals surface area contributed by atoms with Gasteiger partial charge in [-0.05, 0) is 55.7 Å². The second kappa shape index (κ2) is 5.68. The van der Waals surface area contributed by atoms with Crippen LogP contribution in [-0.4, -0.2) is 28.1 Å². The number of aryl methyl sites for hydroxylation is 1. The molecule has 23 heavy (non-hydrogen) atoms. The Balaban J connectivity index is 1.83. The molecular weight excluding hydrogens is 298 g/mol. The summed E-state index contributed by atoms with van der Waals surface area (Å²) < 4.78 is 0. The number of fused-ring (bicyclic) bond motifs is 2. The van der Waals surface area contributed by atoms with Crippen LogP contribution in [0.1, 0.15) is 35.2 Å².